The van der Waals surface area contributed by atoms with Gasteiger partial charge in [0.25, 0.3) is 5.91 Å². The number of methoxy groups -OCH3 is 3. The number of rotatable bonds is 10. The van der Waals surface area contributed by atoms with Crippen molar-refractivity contribution in [1.29, 1.82) is 0 Å². The Morgan fingerprint density at radius 1 is 0.886 bits per heavy atom. The minimum Gasteiger partial charge on any atom is -0.493 e. The molecule has 2 N–H and O–H groups in total. The largest absolute Gasteiger partial charge is 0.493 e. The summed E-state index contributed by atoms with van der Waals surface area (Å²) in [5.74, 6) is 0.778. The molecule has 0 aliphatic carbocycles. The van der Waals surface area contributed by atoms with Gasteiger partial charge in [0, 0.05) is 30.6 Å². The minimum atomic E-state index is -0.584. The van der Waals surface area contributed by atoms with Crippen molar-refractivity contribution in [1.82, 2.24) is 15.5 Å². The molecule has 2 heterocycles. The molecule has 2 aliphatic heterocycles. The number of ether oxygens (including phenoxy) is 3. The summed E-state index contributed by atoms with van der Waals surface area (Å²) in [4.78, 5) is 29.4. The number of hydrogen-bond acceptors (Lipinski definition) is 6. The van der Waals surface area contributed by atoms with Gasteiger partial charge in [-0.05, 0) is 74.2 Å². The Morgan fingerprint density at radius 3 is 2.11 bits per heavy atom. The first-order valence-corrected chi connectivity index (χ1v) is 14.8. The van der Waals surface area contributed by atoms with Crippen molar-refractivity contribution in [2.45, 2.75) is 36.5 Å². The molecule has 0 bridgehead atoms. The van der Waals surface area contributed by atoms with Crippen LogP contribution in [0.15, 0.2) is 66.7 Å². The van der Waals surface area contributed by atoms with Crippen LogP contribution in [0.1, 0.15) is 47.2 Å². The molecular weight excluding hydrogens is 585 g/mol. The van der Waals surface area contributed by atoms with Crippen molar-refractivity contribution in [3.8, 4) is 17.2 Å². The van der Waals surface area contributed by atoms with E-state index in [1.165, 1.54) is 33.5 Å². The number of likely N-dealkylation sites (tertiary alicyclic amines) is 1. The molecule has 10 heteroatoms. The predicted octanol–water partition coefficient (Wildman–Crippen LogP) is 4.88. The van der Waals surface area contributed by atoms with E-state index in [9.17, 15) is 14.0 Å². The highest BCUT2D eigenvalue weighted by Gasteiger charge is 2.44. The fourth-order valence-electron chi connectivity index (χ4n) is 6.66. The fourth-order valence-corrected chi connectivity index (χ4v) is 6.66. The molecule has 2 aliphatic rings. The van der Waals surface area contributed by atoms with Gasteiger partial charge in [-0.2, -0.15) is 0 Å². The highest BCUT2D eigenvalue weighted by atomic mass is 35.5. The van der Waals surface area contributed by atoms with E-state index in [2.05, 4.69) is 10.6 Å². The molecule has 236 valence electrons. The molecule has 0 spiro atoms. The Balaban J connectivity index is 0.00000442. The SMILES string of the molecule is COc1cc(C(=O)N2CCC(CCNC(=O)C3(c4ccccc4)CCNCC3)(c3ccc(F)cc3)C2)cc(OC)c1OC.Cl. The van der Waals surface area contributed by atoms with Crippen LogP contribution in [0.2, 0.25) is 0 Å². The summed E-state index contributed by atoms with van der Waals surface area (Å²) in [6.07, 6.45) is 2.73. The van der Waals surface area contributed by atoms with Gasteiger partial charge in [-0.3, -0.25) is 9.59 Å². The second-order valence-corrected chi connectivity index (χ2v) is 11.4. The average Bonchev–Trinajstić information content (AvgIpc) is 3.49. The van der Waals surface area contributed by atoms with Gasteiger partial charge in [-0.1, -0.05) is 42.5 Å². The molecule has 1 unspecified atom stereocenters. The maximum atomic E-state index is 13.9. The highest BCUT2D eigenvalue weighted by Crippen LogP contribution is 2.41. The van der Waals surface area contributed by atoms with E-state index >= 15 is 0 Å². The Morgan fingerprint density at radius 2 is 1.52 bits per heavy atom. The smallest absolute Gasteiger partial charge is 0.254 e. The number of carbonyl (C=O) groups excluding carboxylic acids is 2. The third-order valence-corrected chi connectivity index (χ3v) is 9.12. The molecule has 0 saturated carbocycles. The standard InChI is InChI=1S/C34H40FN3O5.ClH/c1-41-28-21-24(22-29(42-2)30(28)43-3)31(39)38-20-16-33(23-38,25-9-11-27(35)12-10-25)13-19-37-32(40)34(14-17-36-18-15-34)26-7-5-4-6-8-26;/h4-12,21-22,36H,13-20,23H2,1-3H3,(H,37,40);1H. The number of carbonyl (C=O) groups is 2. The lowest BCUT2D eigenvalue weighted by molar-refractivity contribution is -0.127. The average molecular weight is 626 g/mol. The summed E-state index contributed by atoms with van der Waals surface area (Å²) in [6, 6.07) is 19.8. The number of benzene rings is 3. The summed E-state index contributed by atoms with van der Waals surface area (Å²) >= 11 is 0. The van der Waals surface area contributed by atoms with E-state index in [1.807, 2.05) is 35.2 Å². The quantitative estimate of drug-likeness (QED) is 0.334. The molecule has 5 rings (SSSR count). The van der Waals surface area contributed by atoms with E-state index < -0.39 is 10.8 Å². The zero-order valence-electron chi connectivity index (χ0n) is 25.5. The number of hydrogen-bond donors (Lipinski definition) is 2. The lowest BCUT2D eigenvalue weighted by Crippen LogP contribution is -2.51. The van der Waals surface area contributed by atoms with Gasteiger partial charge in [-0.25, -0.2) is 4.39 Å². The maximum Gasteiger partial charge on any atom is 0.254 e. The zero-order chi connectivity index (χ0) is 30.5. The topological polar surface area (TPSA) is 89.1 Å². The monoisotopic (exact) mass is 625 g/mol. The van der Waals surface area contributed by atoms with Gasteiger partial charge in [0.1, 0.15) is 5.82 Å². The molecular formula is C34H41ClFN3O5. The molecule has 3 aromatic rings. The third-order valence-electron chi connectivity index (χ3n) is 9.12. The molecule has 2 fully saturated rings. The Kier molecular flexibility index (Phi) is 10.8. The van der Waals surface area contributed by atoms with Gasteiger partial charge in [0.05, 0.1) is 26.7 Å². The van der Waals surface area contributed by atoms with Gasteiger partial charge in [-0.15, -0.1) is 12.4 Å². The van der Waals surface area contributed by atoms with Crippen LogP contribution < -0.4 is 24.8 Å². The van der Waals surface area contributed by atoms with E-state index in [4.69, 9.17) is 14.2 Å². The first-order valence-electron chi connectivity index (χ1n) is 14.8. The van der Waals surface area contributed by atoms with Crippen LogP contribution >= 0.6 is 12.4 Å². The molecule has 2 saturated heterocycles. The normalized spacial score (nSPS) is 19.0. The summed E-state index contributed by atoms with van der Waals surface area (Å²) < 4.78 is 30.3. The summed E-state index contributed by atoms with van der Waals surface area (Å²) in [5.41, 5.74) is 1.37. The van der Waals surface area contributed by atoms with E-state index in [0.717, 1.165) is 37.1 Å². The van der Waals surface area contributed by atoms with Crippen molar-refractivity contribution < 1.29 is 28.2 Å². The van der Waals surface area contributed by atoms with Crippen LogP contribution in [0.3, 0.4) is 0 Å². The number of nitrogens with one attached hydrogen (secondary N) is 2. The predicted molar refractivity (Wildman–Crippen MR) is 170 cm³/mol. The molecule has 0 aromatic heterocycles. The number of amides is 2. The lowest BCUT2D eigenvalue weighted by atomic mass is 9.72. The number of halogens is 2. The molecule has 1 atom stereocenters. The molecule has 3 aromatic carbocycles. The van der Waals surface area contributed by atoms with Crippen molar-refractivity contribution in [2.24, 2.45) is 0 Å². The zero-order valence-corrected chi connectivity index (χ0v) is 26.3. The van der Waals surface area contributed by atoms with Crippen molar-refractivity contribution in [3.05, 3.63) is 89.2 Å². The van der Waals surface area contributed by atoms with Crippen molar-refractivity contribution in [2.75, 3.05) is 54.1 Å². The van der Waals surface area contributed by atoms with Gasteiger partial charge in [0.2, 0.25) is 11.7 Å². The van der Waals surface area contributed by atoms with Crippen LogP contribution in [-0.2, 0) is 15.6 Å². The van der Waals surface area contributed by atoms with Gasteiger partial charge in [0.15, 0.2) is 11.5 Å². The van der Waals surface area contributed by atoms with E-state index in [-0.39, 0.29) is 30.0 Å². The Hall–Kier alpha value is -3.82. The molecule has 0 radical (unpaired) electrons. The van der Waals surface area contributed by atoms with Crippen LogP contribution in [0, 0.1) is 5.82 Å². The van der Waals surface area contributed by atoms with Crippen LogP contribution in [0.4, 0.5) is 4.39 Å². The van der Waals surface area contributed by atoms with E-state index in [1.54, 1.807) is 24.3 Å². The maximum absolute atomic E-state index is 13.9. The molecule has 8 nitrogen and oxygen atoms in total. The summed E-state index contributed by atoms with van der Waals surface area (Å²) in [6.45, 7) is 2.93. The lowest BCUT2D eigenvalue weighted by Gasteiger charge is -2.37. The summed E-state index contributed by atoms with van der Waals surface area (Å²) in [7, 11) is 4.55. The van der Waals surface area contributed by atoms with Crippen molar-refractivity contribution >= 4 is 24.2 Å². The Labute approximate surface area is 264 Å². The summed E-state index contributed by atoms with van der Waals surface area (Å²) in [5, 5.41) is 6.63. The van der Waals surface area contributed by atoms with Crippen LogP contribution in [0.5, 0.6) is 17.2 Å². The molecule has 2 amide bonds. The number of nitrogens with zero attached hydrogens (tertiary/aromatic N) is 1. The van der Waals surface area contributed by atoms with Crippen molar-refractivity contribution in [3.63, 3.8) is 0 Å². The Bertz CT molecular complexity index is 1410. The van der Waals surface area contributed by atoms with E-state index in [0.29, 0.717) is 55.3 Å². The first kappa shape index (κ1) is 33.1. The molecule has 44 heavy (non-hydrogen) atoms. The fraction of sp³-hybridized carbons (Fsp3) is 0.412. The second kappa shape index (κ2) is 14.3. The first-order chi connectivity index (χ1) is 20.9. The number of piperidine rings is 1. The van der Waals surface area contributed by atoms with Crippen LogP contribution in [0.25, 0.3) is 0 Å². The highest BCUT2D eigenvalue weighted by molar-refractivity contribution is 5.96. The third kappa shape index (κ3) is 6.49. The minimum absolute atomic E-state index is 0. The van der Waals surface area contributed by atoms with Gasteiger partial charge < -0.3 is 29.7 Å². The second-order valence-electron chi connectivity index (χ2n) is 11.4. The van der Waals surface area contributed by atoms with Crippen LogP contribution in [-0.4, -0.2) is 70.8 Å². The van der Waals surface area contributed by atoms with Gasteiger partial charge >= 0.3 is 0 Å².